The van der Waals surface area contributed by atoms with Crippen molar-refractivity contribution in [1.29, 1.82) is 0 Å². The van der Waals surface area contributed by atoms with Crippen molar-refractivity contribution in [3.63, 3.8) is 0 Å². The lowest BCUT2D eigenvalue weighted by Gasteiger charge is -2.15. The molecule has 0 unspecified atom stereocenters. The summed E-state index contributed by atoms with van der Waals surface area (Å²) in [5.41, 5.74) is 1.27. The summed E-state index contributed by atoms with van der Waals surface area (Å²) < 4.78 is 22.5. The second-order valence-corrected chi connectivity index (χ2v) is 6.13. The second kappa shape index (κ2) is 7.44. The highest BCUT2D eigenvalue weighted by Gasteiger charge is 2.22. The first kappa shape index (κ1) is 17.1. The summed E-state index contributed by atoms with van der Waals surface area (Å²) in [5.74, 6) is 0.662. The first-order valence-corrected chi connectivity index (χ1v) is 8.48. The highest BCUT2D eigenvalue weighted by Crippen LogP contribution is 2.40. The van der Waals surface area contributed by atoms with Gasteiger partial charge in [-0.1, -0.05) is 18.2 Å². The van der Waals surface area contributed by atoms with Crippen LogP contribution in [0, 0.1) is 0 Å². The van der Waals surface area contributed by atoms with Crippen LogP contribution in [0.4, 0.5) is 0 Å². The molecule has 0 radical (unpaired) electrons. The number of methoxy groups -OCH3 is 3. The van der Waals surface area contributed by atoms with Gasteiger partial charge in [-0.2, -0.15) is 0 Å². The van der Waals surface area contributed by atoms with Gasteiger partial charge in [-0.25, -0.2) is 4.79 Å². The van der Waals surface area contributed by atoms with Gasteiger partial charge >= 0.3 is 5.97 Å². The zero-order valence-electron chi connectivity index (χ0n) is 14.2. The third-order valence-corrected chi connectivity index (χ3v) is 4.86. The molecule has 0 N–H and O–H groups in total. The molecule has 1 aromatic heterocycles. The van der Waals surface area contributed by atoms with Crippen LogP contribution < -0.4 is 14.2 Å². The normalized spacial score (nSPS) is 10.5. The number of benzene rings is 2. The predicted molar refractivity (Wildman–Crippen MR) is 97.0 cm³/mol. The Balaban J connectivity index is 1.84. The van der Waals surface area contributed by atoms with Crippen LogP contribution in [0.2, 0.25) is 0 Å². The number of ether oxygens (including phenoxy) is 4. The Hall–Kier alpha value is -2.73. The molecular weight excluding hydrogens is 340 g/mol. The van der Waals surface area contributed by atoms with Crippen LogP contribution in [0.5, 0.6) is 17.2 Å². The fourth-order valence-corrected chi connectivity index (χ4v) is 3.58. The summed E-state index contributed by atoms with van der Waals surface area (Å²) in [7, 11) is 4.49. The lowest BCUT2D eigenvalue weighted by atomic mass is 10.1. The largest absolute Gasteiger partial charge is 0.493 e. The maximum Gasteiger partial charge on any atom is 0.342 e. The highest BCUT2D eigenvalue weighted by molar-refractivity contribution is 7.17. The molecule has 5 nitrogen and oxygen atoms in total. The Bertz CT molecular complexity index is 900. The minimum absolute atomic E-state index is 0.195. The summed E-state index contributed by atoms with van der Waals surface area (Å²) in [6.45, 7) is 0.195. The van der Waals surface area contributed by atoms with Gasteiger partial charge in [-0.05, 0) is 29.0 Å². The van der Waals surface area contributed by atoms with Crippen molar-refractivity contribution in [3.8, 4) is 17.2 Å². The van der Waals surface area contributed by atoms with Crippen molar-refractivity contribution < 1.29 is 23.7 Å². The Morgan fingerprint density at radius 3 is 2.44 bits per heavy atom. The summed E-state index contributed by atoms with van der Waals surface area (Å²) in [6.07, 6.45) is 0. The van der Waals surface area contributed by atoms with E-state index in [0.717, 1.165) is 15.6 Å². The molecular formula is C19H18O5S. The van der Waals surface area contributed by atoms with Crippen molar-refractivity contribution in [1.82, 2.24) is 0 Å². The van der Waals surface area contributed by atoms with Crippen LogP contribution in [-0.4, -0.2) is 27.3 Å². The Morgan fingerprint density at radius 1 is 0.960 bits per heavy atom. The molecule has 25 heavy (non-hydrogen) atoms. The van der Waals surface area contributed by atoms with Crippen LogP contribution in [0.1, 0.15) is 15.9 Å². The lowest BCUT2D eigenvalue weighted by Crippen LogP contribution is -2.08. The molecule has 6 heteroatoms. The SMILES string of the molecule is COc1ccc(C(=O)OCc2csc3ccccc23)c(OC)c1OC. The fraction of sp³-hybridized carbons (Fsp3) is 0.211. The fourth-order valence-electron chi connectivity index (χ4n) is 2.63. The van der Waals surface area contributed by atoms with Crippen molar-refractivity contribution in [2.75, 3.05) is 21.3 Å². The summed E-state index contributed by atoms with van der Waals surface area (Å²) in [4.78, 5) is 12.5. The van der Waals surface area contributed by atoms with Crippen LogP contribution >= 0.6 is 11.3 Å². The Kier molecular flexibility index (Phi) is 5.09. The Labute approximate surface area is 149 Å². The zero-order chi connectivity index (χ0) is 17.8. The maximum atomic E-state index is 12.5. The maximum absolute atomic E-state index is 12.5. The standard InChI is InChI=1S/C19H18O5S/c1-21-15-9-8-14(17(22-2)18(15)23-3)19(20)24-10-12-11-25-16-7-5-4-6-13(12)16/h4-9,11H,10H2,1-3H3. The Morgan fingerprint density at radius 2 is 1.72 bits per heavy atom. The van der Waals surface area contributed by atoms with E-state index < -0.39 is 5.97 Å². The van der Waals surface area contributed by atoms with Gasteiger partial charge in [0, 0.05) is 10.3 Å². The average Bonchev–Trinajstić information content (AvgIpc) is 3.07. The van der Waals surface area contributed by atoms with Crippen molar-refractivity contribution in [3.05, 3.63) is 52.9 Å². The van der Waals surface area contributed by atoms with Gasteiger partial charge in [0.25, 0.3) is 0 Å². The average molecular weight is 358 g/mol. The quantitative estimate of drug-likeness (QED) is 0.616. The van der Waals surface area contributed by atoms with Gasteiger partial charge in [-0.3, -0.25) is 0 Å². The molecule has 0 aliphatic carbocycles. The van der Waals surface area contributed by atoms with E-state index in [1.807, 2.05) is 29.6 Å². The van der Waals surface area contributed by atoms with Crippen LogP contribution in [-0.2, 0) is 11.3 Å². The van der Waals surface area contributed by atoms with Gasteiger partial charge < -0.3 is 18.9 Å². The molecule has 0 amide bonds. The van der Waals surface area contributed by atoms with E-state index in [0.29, 0.717) is 22.8 Å². The third-order valence-electron chi connectivity index (χ3n) is 3.84. The van der Waals surface area contributed by atoms with Crippen molar-refractivity contribution in [2.45, 2.75) is 6.61 Å². The van der Waals surface area contributed by atoms with E-state index >= 15 is 0 Å². The molecule has 2 aromatic carbocycles. The summed E-state index contributed by atoms with van der Waals surface area (Å²) >= 11 is 1.63. The monoisotopic (exact) mass is 358 g/mol. The second-order valence-electron chi connectivity index (χ2n) is 5.22. The molecule has 0 aliphatic heterocycles. The molecule has 130 valence electrons. The molecule has 0 aliphatic rings. The van der Waals surface area contributed by atoms with Gasteiger partial charge in [0.05, 0.1) is 21.3 Å². The highest BCUT2D eigenvalue weighted by atomic mass is 32.1. The minimum Gasteiger partial charge on any atom is -0.493 e. The molecule has 0 spiro atoms. The van der Waals surface area contributed by atoms with Gasteiger partial charge in [0.1, 0.15) is 12.2 Å². The molecule has 0 saturated heterocycles. The molecule has 0 bridgehead atoms. The number of carbonyl (C=O) groups excluding carboxylic acids is 1. The van der Waals surface area contributed by atoms with Gasteiger partial charge in [-0.15, -0.1) is 11.3 Å². The zero-order valence-corrected chi connectivity index (χ0v) is 15.0. The van der Waals surface area contributed by atoms with E-state index in [9.17, 15) is 4.79 Å². The lowest BCUT2D eigenvalue weighted by molar-refractivity contribution is 0.0470. The number of esters is 1. The summed E-state index contributed by atoms with van der Waals surface area (Å²) in [6, 6.07) is 11.3. The molecule has 3 aromatic rings. The first-order valence-electron chi connectivity index (χ1n) is 7.60. The van der Waals surface area contributed by atoms with Crippen molar-refractivity contribution >= 4 is 27.4 Å². The van der Waals surface area contributed by atoms with Gasteiger partial charge in [0.15, 0.2) is 11.5 Å². The molecule has 1 heterocycles. The number of carbonyl (C=O) groups is 1. The van der Waals surface area contributed by atoms with Crippen molar-refractivity contribution in [2.24, 2.45) is 0 Å². The molecule has 3 rings (SSSR count). The van der Waals surface area contributed by atoms with Crippen LogP contribution in [0.15, 0.2) is 41.8 Å². The topological polar surface area (TPSA) is 54.0 Å². The molecule has 0 saturated carbocycles. The first-order chi connectivity index (χ1) is 12.2. The minimum atomic E-state index is -0.479. The number of hydrogen-bond acceptors (Lipinski definition) is 6. The predicted octanol–water partition coefficient (Wildman–Crippen LogP) is 4.28. The number of hydrogen-bond donors (Lipinski definition) is 0. The smallest absolute Gasteiger partial charge is 0.342 e. The van der Waals surface area contributed by atoms with E-state index in [1.165, 1.54) is 21.3 Å². The van der Waals surface area contributed by atoms with E-state index in [-0.39, 0.29) is 6.61 Å². The molecule has 0 atom stereocenters. The summed E-state index contributed by atoms with van der Waals surface area (Å²) in [5, 5.41) is 3.10. The number of fused-ring (bicyclic) bond motifs is 1. The van der Waals surface area contributed by atoms with E-state index in [4.69, 9.17) is 18.9 Å². The number of rotatable bonds is 6. The molecule has 0 fully saturated rings. The van der Waals surface area contributed by atoms with Crippen LogP contribution in [0.25, 0.3) is 10.1 Å². The van der Waals surface area contributed by atoms with E-state index in [2.05, 4.69) is 0 Å². The van der Waals surface area contributed by atoms with E-state index in [1.54, 1.807) is 23.5 Å². The van der Waals surface area contributed by atoms with Crippen LogP contribution in [0.3, 0.4) is 0 Å². The third kappa shape index (κ3) is 3.25. The number of thiophene rings is 1. The van der Waals surface area contributed by atoms with Gasteiger partial charge in [0.2, 0.25) is 5.75 Å².